The molecule has 2 aliphatic heterocycles. The SMILES string of the molecule is CC(=O)C1CC(C(=O)N2CCC(C(=O)NCc3ccc(C)c(F)c3)CC2)=NN1c1ccccc1. The van der Waals surface area contributed by atoms with Gasteiger partial charge in [-0.25, -0.2) is 4.39 Å². The third-order valence-electron chi connectivity index (χ3n) is 6.50. The van der Waals surface area contributed by atoms with Crippen LogP contribution in [-0.4, -0.2) is 47.3 Å². The molecule has 0 aliphatic carbocycles. The van der Waals surface area contributed by atoms with Crippen LogP contribution in [0.4, 0.5) is 10.1 Å². The molecule has 0 saturated carbocycles. The van der Waals surface area contributed by atoms with Crippen molar-refractivity contribution < 1.29 is 18.8 Å². The van der Waals surface area contributed by atoms with Gasteiger partial charge in [-0.2, -0.15) is 5.10 Å². The molecule has 2 heterocycles. The van der Waals surface area contributed by atoms with E-state index in [-0.39, 0.29) is 42.3 Å². The molecule has 7 nitrogen and oxygen atoms in total. The monoisotopic (exact) mass is 464 g/mol. The molecule has 178 valence electrons. The fourth-order valence-corrected chi connectivity index (χ4v) is 4.38. The highest BCUT2D eigenvalue weighted by atomic mass is 19.1. The fourth-order valence-electron chi connectivity index (χ4n) is 4.38. The molecule has 1 atom stereocenters. The number of carbonyl (C=O) groups excluding carboxylic acids is 3. The molecule has 2 amide bonds. The van der Waals surface area contributed by atoms with Gasteiger partial charge in [-0.3, -0.25) is 19.4 Å². The first-order valence-corrected chi connectivity index (χ1v) is 11.6. The van der Waals surface area contributed by atoms with Crippen LogP contribution in [0.15, 0.2) is 53.6 Å². The summed E-state index contributed by atoms with van der Waals surface area (Å²) in [7, 11) is 0. The van der Waals surface area contributed by atoms with Gasteiger partial charge in [0.15, 0.2) is 5.78 Å². The molecular formula is C26H29FN4O3. The number of rotatable bonds is 6. The van der Waals surface area contributed by atoms with Gasteiger partial charge in [-0.1, -0.05) is 30.3 Å². The highest BCUT2D eigenvalue weighted by Crippen LogP contribution is 2.26. The number of benzene rings is 2. The summed E-state index contributed by atoms with van der Waals surface area (Å²) in [5.74, 6) is -0.794. The van der Waals surface area contributed by atoms with Gasteiger partial charge >= 0.3 is 0 Å². The lowest BCUT2D eigenvalue weighted by Gasteiger charge is -2.31. The number of amides is 2. The first-order chi connectivity index (χ1) is 16.3. The van der Waals surface area contributed by atoms with Crippen LogP contribution in [0.3, 0.4) is 0 Å². The van der Waals surface area contributed by atoms with E-state index in [4.69, 9.17) is 0 Å². The maximum absolute atomic E-state index is 13.7. The van der Waals surface area contributed by atoms with Crippen LogP contribution in [-0.2, 0) is 20.9 Å². The minimum absolute atomic E-state index is 0.0424. The summed E-state index contributed by atoms with van der Waals surface area (Å²) >= 11 is 0. The van der Waals surface area contributed by atoms with Crippen LogP contribution < -0.4 is 10.3 Å². The second kappa shape index (κ2) is 10.2. The molecule has 2 aromatic rings. The average molecular weight is 465 g/mol. The van der Waals surface area contributed by atoms with Crippen LogP contribution in [0.25, 0.3) is 0 Å². The maximum atomic E-state index is 13.7. The summed E-state index contributed by atoms with van der Waals surface area (Å²) in [5, 5.41) is 9.00. The highest BCUT2D eigenvalue weighted by molar-refractivity contribution is 6.40. The Morgan fingerprint density at radius 3 is 2.44 bits per heavy atom. The summed E-state index contributed by atoms with van der Waals surface area (Å²) in [6.45, 7) is 4.38. The zero-order valence-corrected chi connectivity index (χ0v) is 19.5. The van der Waals surface area contributed by atoms with Crippen LogP contribution in [0.2, 0.25) is 0 Å². The van der Waals surface area contributed by atoms with E-state index in [0.717, 1.165) is 5.69 Å². The molecule has 1 saturated heterocycles. The number of anilines is 1. The molecule has 0 bridgehead atoms. The van der Waals surface area contributed by atoms with Crippen molar-refractivity contribution in [3.63, 3.8) is 0 Å². The Morgan fingerprint density at radius 2 is 1.79 bits per heavy atom. The number of aryl methyl sites for hydroxylation is 1. The second-order valence-corrected chi connectivity index (χ2v) is 8.93. The molecule has 0 aromatic heterocycles. The van der Waals surface area contributed by atoms with Crippen LogP contribution in [0.1, 0.15) is 37.3 Å². The van der Waals surface area contributed by atoms with E-state index >= 15 is 0 Å². The van der Waals surface area contributed by atoms with Crippen molar-refractivity contribution in [3.8, 4) is 0 Å². The number of hydrazone groups is 1. The smallest absolute Gasteiger partial charge is 0.270 e. The van der Waals surface area contributed by atoms with Gasteiger partial charge in [0, 0.05) is 32.0 Å². The zero-order chi connectivity index (χ0) is 24.2. The van der Waals surface area contributed by atoms with Gasteiger partial charge in [0.1, 0.15) is 17.6 Å². The first-order valence-electron chi connectivity index (χ1n) is 11.6. The molecule has 2 aliphatic rings. The number of hydrogen-bond donors (Lipinski definition) is 1. The molecular weight excluding hydrogens is 435 g/mol. The lowest BCUT2D eigenvalue weighted by Crippen LogP contribution is -2.45. The Balaban J connectivity index is 1.32. The van der Waals surface area contributed by atoms with Gasteiger partial charge in [0.05, 0.1) is 5.69 Å². The summed E-state index contributed by atoms with van der Waals surface area (Å²) in [5.41, 5.74) is 2.43. The van der Waals surface area contributed by atoms with Crippen molar-refractivity contribution in [1.82, 2.24) is 10.2 Å². The van der Waals surface area contributed by atoms with Crippen LogP contribution in [0, 0.1) is 18.7 Å². The number of Topliss-reactive ketones (excluding diaryl/α,β-unsaturated/α-hetero) is 1. The number of piperidine rings is 1. The summed E-state index contributed by atoms with van der Waals surface area (Å²) in [4.78, 5) is 39.6. The van der Waals surface area contributed by atoms with E-state index in [1.165, 1.54) is 13.0 Å². The maximum Gasteiger partial charge on any atom is 0.270 e. The van der Waals surface area contributed by atoms with Crippen molar-refractivity contribution in [2.45, 2.75) is 45.7 Å². The summed E-state index contributed by atoms with van der Waals surface area (Å²) < 4.78 is 13.7. The number of ketones is 1. The van der Waals surface area contributed by atoms with E-state index in [2.05, 4.69) is 10.4 Å². The van der Waals surface area contributed by atoms with Crippen molar-refractivity contribution >= 4 is 29.0 Å². The second-order valence-electron chi connectivity index (χ2n) is 8.93. The number of carbonyl (C=O) groups is 3. The molecule has 2 aromatic carbocycles. The Hall–Kier alpha value is -3.55. The number of para-hydroxylation sites is 1. The standard InChI is InChI=1S/C26H29FN4O3/c1-17-8-9-19(14-22(17)27)16-28-25(33)20-10-12-30(13-11-20)26(34)23-15-24(18(2)32)31(29-23)21-6-4-3-5-7-21/h3-9,14,20,24H,10-13,15-16H2,1-2H3,(H,28,33). The molecule has 8 heteroatoms. The molecule has 1 fully saturated rings. The molecule has 4 rings (SSSR count). The predicted octanol–water partition coefficient (Wildman–Crippen LogP) is 3.21. The number of nitrogens with zero attached hydrogens (tertiary/aromatic N) is 3. The normalized spacial score (nSPS) is 18.6. The predicted molar refractivity (Wildman–Crippen MR) is 128 cm³/mol. The molecule has 0 spiro atoms. The largest absolute Gasteiger partial charge is 0.352 e. The highest BCUT2D eigenvalue weighted by Gasteiger charge is 2.37. The van der Waals surface area contributed by atoms with Crippen molar-refractivity contribution in [1.29, 1.82) is 0 Å². The van der Waals surface area contributed by atoms with Crippen molar-refractivity contribution in [2.24, 2.45) is 11.0 Å². The van der Waals surface area contributed by atoms with Gasteiger partial charge in [-0.05, 0) is 56.0 Å². The Labute approximate surface area is 198 Å². The van der Waals surface area contributed by atoms with Crippen molar-refractivity contribution in [2.75, 3.05) is 18.1 Å². The molecule has 1 N–H and O–H groups in total. The minimum Gasteiger partial charge on any atom is -0.352 e. The third-order valence-corrected chi connectivity index (χ3v) is 6.50. The number of hydrogen-bond acceptors (Lipinski definition) is 5. The van der Waals surface area contributed by atoms with Crippen molar-refractivity contribution in [3.05, 3.63) is 65.5 Å². The summed E-state index contributed by atoms with van der Waals surface area (Å²) in [6, 6.07) is 13.8. The molecule has 0 radical (unpaired) electrons. The fraction of sp³-hybridized carbons (Fsp3) is 0.385. The lowest BCUT2D eigenvalue weighted by atomic mass is 9.95. The Morgan fingerprint density at radius 1 is 1.09 bits per heavy atom. The number of nitrogens with one attached hydrogen (secondary N) is 1. The minimum atomic E-state index is -0.490. The Bertz CT molecular complexity index is 1110. The quantitative estimate of drug-likeness (QED) is 0.712. The molecule has 34 heavy (non-hydrogen) atoms. The van der Waals surface area contributed by atoms with E-state index in [1.807, 2.05) is 30.3 Å². The van der Waals surface area contributed by atoms with E-state index in [0.29, 0.717) is 42.8 Å². The van der Waals surface area contributed by atoms with E-state index < -0.39 is 6.04 Å². The van der Waals surface area contributed by atoms with Crippen LogP contribution >= 0.6 is 0 Å². The zero-order valence-electron chi connectivity index (χ0n) is 19.5. The third kappa shape index (κ3) is 5.16. The molecule has 1 unspecified atom stereocenters. The lowest BCUT2D eigenvalue weighted by molar-refractivity contribution is -0.131. The first kappa shape index (κ1) is 23.6. The van der Waals surface area contributed by atoms with E-state index in [1.54, 1.807) is 29.0 Å². The van der Waals surface area contributed by atoms with Gasteiger partial charge in [0.2, 0.25) is 5.91 Å². The van der Waals surface area contributed by atoms with E-state index in [9.17, 15) is 18.8 Å². The van der Waals surface area contributed by atoms with Gasteiger partial charge < -0.3 is 10.2 Å². The average Bonchev–Trinajstić information content (AvgIpc) is 3.31. The Kier molecular flexibility index (Phi) is 7.05. The van der Waals surface area contributed by atoms with Gasteiger partial charge in [0.25, 0.3) is 5.91 Å². The van der Waals surface area contributed by atoms with Crippen LogP contribution in [0.5, 0.6) is 0 Å². The topological polar surface area (TPSA) is 82.1 Å². The number of halogens is 1. The summed E-state index contributed by atoms with van der Waals surface area (Å²) in [6.07, 6.45) is 1.37. The van der Waals surface area contributed by atoms with Gasteiger partial charge in [-0.15, -0.1) is 0 Å². The number of likely N-dealkylation sites (tertiary alicyclic amines) is 1.